The van der Waals surface area contributed by atoms with Crippen LogP contribution in [0.4, 0.5) is 5.69 Å². The summed E-state index contributed by atoms with van der Waals surface area (Å²) in [7, 11) is 3.89. The second-order valence-corrected chi connectivity index (χ2v) is 10.6. The van der Waals surface area contributed by atoms with Crippen LogP contribution in [0.1, 0.15) is 66.8 Å². The van der Waals surface area contributed by atoms with Gasteiger partial charge < -0.3 is 10.5 Å². The van der Waals surface area contributed by atoms with Gasteiger partial charge in [-0.25, -0.2) is 9.13 Å². The molecule has 4 rings (SSSR count). The fourth-order valence-corrected chi connectivity index (χ4v) is 5.28. The third kappa shape index (κ3) is 6.97. The maximum Gasteiger partial charge on any atom is 0.528 e. The number of nitrogens with one attached hydrogen (secondary N) is 1. The van der Waals surface area contributed by atoms with Crippen molar-refractivity contribution in [1.29, 1.82) is 0 Å². The first-order chi connectivity index (χ1) is 19.4. The molecule has 0 bridgehead atoms. The van der Waals surface area contributed by atoms with Crippen molar-refractivity contribution in [2.24, 2.45) is 7.05 Å². The number of unbranched alkanes of at least 4 members (excludes halogenated alkanes) is 2. The van der Waals surface area contributed by atoms with Gasteiger partial charge in [-0.3, -0.25) is 4.79 Å². The lowest BCUT2D eigenvalue weighted by Gasteiger charge is -2.13. The molecule has 0 spiro atoms. The van der Waals surface area contributed by atoms with E-state index in [1.165, 1.54) is 0 Å². The van der Waals surface area contributed by atoms with Crippen LogP contribution in [0, 0.1) is 5.21 Å². The Labute approximate surface area is 238 Å². The standard InChI is InChI=1S/C32H43N6O2/c1-5-7-19-36-23-21-34(3)31(36)30(39)33-29-16-12-11-14-27(29)18-17-26-13-9-10-15-28(26)25-38(40)32-35(4)22-24-37(32)20-8-6-2/h9-16,21,23,25H,5-8,17-20,22,24H2,1-4H3/q+1/p+1/b38-25+. The van der Waals surface area contributed by atoms with E-state index in [1.807, 2.05) is 76.6 Å². The molecule has 1 aliphatic rings. The Morgan fingerprint density at radius 2 is 1.68 bits per heavy atom. The topological polar surface area (TPSA) is 70.2 Å². The molecule has 0 atom stereocenters. The van der Waals surface area contributed by atoms with Crippen molar-refractivity contribution in [1.82, 2.24) is 9.47 Å². The third-order valence-corrected chi connectivity index (χ3v) is 7.58. The Morgan fingerprint density at radius 1 is 1.00 bits per heavy atom. The number of amides is 1. The fraction of sp³-hybridized carbons (Fsp3) is 0.438. The SMILES string of the molecule is CCCCN1CC[N+](C)=C1/[N+]([O-])=C\c1ccccc1CCc1ccccc1NC(=O)c1n(CCCC)cc[n+]1C. The summed E-state index contributed by atoms with van der Waals surface area (Å²) in [5.41, 5.74) is 3.90. The van der Waals surface area contributed by atoms with Gasteiger partial charge in [0.2, 0.25) is 0 Å². The van der Waals surface area contributed by atoms with Crippen molar-refractivity contribution < 1.29 is 18.7 Å². The Bertz CT molecular complexity index is 1370. The number of hydroxylamine groups is 1. The number of benzene rings is 2. The molecule has 2 heterocycles. The van der Waals surface area contributed by atoms with Crippen LogP contribution in [0.25, 0.3) is 0 Å². The first-order valence-electron chi connectivity index (χ1n) is 14.6. The van der Waals surface area contributed by atoms with Crippen LogP contribution in [0.2, 0.25) is 0 Å². The predicted octanol–water partition coefficient (Wildman–Crippen LogP) is 4.19. The molecule has 8 nitrogen and oxygen atoms in total. The second kappa shape index (κ2) is 13.9. The minimum atomic E-state index is -0.114. The van der Waals surface area contributed by atoms with E-state index in [0.29, 0.717) is 11.8 Å². The molecule has 40 heavy (non-hydrogen) atoms. The molecule has 0 fully saturated rings. The zero-order chi connectivity index (χ0) is 28.5. The van der Waals surface area contributed by atoms with E-state index in [4.69, 9.17) is 0 Å². The molecule has 0 aliphatic carbocycles. The first-order valence-corrected chi connectivity index (χ1v) is 14.6. The number of guanidine groups is 1. The van der Waals surface area contributed by atoms with E-state index < -0.39 is 0 Å². The van der Waals surface area contributed by atoms with Crippen molar-refractivity contribution in [3.63, 3.8) is 0 Å². The van der Waals surface area contributed by atoms with Gasteiger partial charge in [0.25, 0.3) is 0 Å². The summed E-state index contributed by atoms with van der Waals surface area (Å²) in [6.07, 6.45) is 11.4. The Balaban J connectivity index is 1.50. The van der Waals surface area contributed by atoms with Gasteiger partial charge in [-0.2, -0.15) is 14.2 Å². The third-order valence-electron chi connectivity index (χ3n) is 7.58. The number of rotatable bonds is 12. The van der Waals surface area contributed by atoms with Gasteiger partial charge in [0.05, 0.1) is 13.6 Å². The quantitative estimate of drug-likeness (QED) is 0.161. The maximum atomic E-state index is 13.3. The van der Waals surface area contributed by atoms with Gasteiger partial charge in [0.1, 0.15) is 32.2 Å². The summed E-state index contributed by atoms with van der Waals surface area (Å²) in [6.45, 7) is 7.77. The summed E-state index contributed by atoms with van der Waals surface area (Å²) in [5.74, 6) is 1.24. The van der Waals surface area contributed by atoms with E-state index in [1.54, 1.807) is 6.21 Å². The van der Waals surface area contributed by atoms with Crippen LogP contribution in [-0.4, -0.2) is 63.5 Å². The zero-order valence-electron chi connectivity index (χ0n) is 24.5. The molecule has 0 radical (unpaired) electrons. The molecule has 0 saturated heterocycles. The number of carbonyl (C=O) groups is 1. The van der Waals surface area contributed by atoms with E-state index in [0.717, 1.165) is 91.8 Å². The van der Waals surface area contributed by atoms with E-state index >= 15 is 0 Å². The predicted molar refractivity (Wildman–Crippen MR) is 160 cm³/mol. The largest absolute Gasteiger partial charge is 0.675 e. The maximum absolute atomic E-state index is 13.3. The molecular weight excluding hydrogens is 500 g/mol. The number of para-hydroxylation sites is 1. The molecular formula is C32H44N6O2+2. The van der Waals surface area contributed by atoms with Gasteiger partial charge in [-0.1, -0.05) is 69.2 Å². The summed E-state index contributed by atoms with van der Waals surface area (Å²) in [4.78, 5) is 15.5. The van der Waals surface area contributed by atoms with Crippen LogP contribution < -0.4 is 9.88 Å². The molecule has 8 heteroatoms. The minimum absolute atomic E-state index is 0.114. The number of aryl methyl sites for hydroxylation is 4. The zero-order valence-corrected chi connectivity index (χ0v) is 24.5. The van der Waals surface area contributed by atoms with Crippen LogP contribution in [-0.2, 0) is 26.4 Å². The van der Waals surface area contributed by atoms with E-state index in [9.17, 15) is 10.0 Å². The summed E-state index contributed by atoms with van der Waals surface area (Å²) >= 11 is 0. The molecule has 0 unspecified atom stereocenters. The van der Waals surface area contributed by atoms with Crippen LogP contribution >= 0.6 is 0 Å². The molecule has 212 valence electrons. The number of hydrogen-bond donors (Lipinski definition) is 1. The monoisotopic (exact) mass is 544 g/mol. The molecule has 2 aromatic carbocycles. The average Bonchev–Trinajstić information content (AvgIpc) is 3.52. The second-order valence-electron chi connectivity index (χ2n) is 10.6. The summed E-state index contributed by atoms with van der Waals surface area (Å²) < 4.78 is 6.96. The normalized spacial score (nSPS) is 13.8. The van der Waals surface area contributed by atoms with Crippen molar-refractivity contribution in [3.05, 3.63) is 88.6 Å². The number of carbonyl (C=O) groups excluding carboxylic acids is 1. The van der Waals surface area contributed by atoms with Crippen LogP contribution in [0.5, 0.6) is 0 Å². The smallest absolute Gasteiger partial charge is 0.528 e. The lowest BCUT2D eigenvalue weighted by molar-refractivity contribution is -0.672. The highest BCUT2D eigenvalue weighted by Crippen LogP contribution is 2.20. The average molecular weight is 545 g/mol. The number of aromatic nitrogens is 2. The summed E-state index contributed by atoms with van der Waals surface area (Å²) in [6, 6.07) is 16.1. The van der Waals surface area contributed by atoms with Gasteiger partial charge in [0, 0.05) is 11.3 Å². The molecule has 3 aromatic rings. The molecule has 1 aromatic heterocycles. The number of imidazole rings is 1. The van der Waals surface area contributed by atoms with E-state index in [-0.39, 0.29) is 5.91 Å². The lowest BCUT2D eigenvalue weighted by atomic mass is 9.99. The van der Waals surface area contributed by atoms with Crippen molar-refractivity contribution in [3.8, 4) is 0 Å². The fourth-order valence-electron chi connectivity index (χ4n) is 5.28. The lowest BCUT2D eigenvalue weighted by Crippen LogP contribution is -2.38. The molecule has 1 amide bonds. The minimum Gasteiger partial charge on any atom is -0.675 e. The Hall–Kier alpha value is -3.94. The molecule has 1 aliphatic heterocycles. The van der Waals surface area contributed by atoms with Crippen molar-refractivity contribution >= 4 is 23.8 Å². The Morgan fingerprint density at radius 3 is 2.45 bits per heavy atom. The van der Waals surface area contributed by atoms with E-state index in [2.05, 4.69) is 36.2 Å². The van der Waals surface area contributed by atoms with Crippen LogP contribution in [0.3, 0.4) is 0 Å². The van der Waals surface area contributed by atoms with Gasteiger partial charge >= 0.3 is 17.7 Å². The highest BCUT2D eigenvalue weighted by atomic mass is 16.5. The molecule has 1 N–H and O–H groups in total. The van der Waals surface area contributed by atoms with Crippen molar-refractivity contribution in [2.75, 3.05) is 32.0 Å². The van der Waals surface area contributed by atoms with Gasteiger partial charge in [-0.05, 0) is 42.9 Å². The van der Waals surface area contributed by atoms with Crippen LogP contribution in [0.15, 0.2) is 60.9 Å². The first kappa shape index (κ1) is 29.1. The highest BCUT2D eigenvalue weighted by Gasteiger charge is 2.36. The highest BCUT2D eigenvalue weighted by molar-refractivity contribution is 6.01. The van der Waals surface area contributed by atoms with Crippen molar-refractivity contribution in [2.45, 2.75) is 58.9 Å². The van der Waals surface area contributed by atoms with Gasteiger partial charge in [-0.15, -0.1) is 0 Å². The number of likely N-dealkylation sites (N-methyl/N-ethyl adjacent to an activating group) is 1. The Kier molecular flexibility index (Phi) is 10.1. The summed E-state index contributed by atoms with van der Waals surface area (Å²) in [5, 5.41) is 16.5. The van der Waals surface area contributed by atoms with Gasteiger partial charge in [0.15, 0.2) is 13.1 Å². The number of hydrogen-bond acceptors (Lipinski definition) is 3. The molecule has 0 saturated carbocycles. The number of nitrogens with zero attached hydrogens (tertiary/aromatic N) is 5. The number of anilines is 1.